The van der Waals surface area contributed by atoms with Gasteiger partial charge >= 0.3 is 0 Å². The number of guanidine groups is 1. The van der Waals surface area contributed by atoms with Crippen molar-refractivity contribution >= 4 is 12.2 Å². The van der Waals surface area contributed by atoms with Gasteiger partial charge in [0.1, 0.15) is 0 Å². The molecule has 0 radical (unpaired) electrons. The molecule has 17 heavy (non-hydrogen) atoms. The summed E-state index contributed by atoms with van der Waals surface area (Å²) < 4.78 is 0. The Bertz CT molecular complexity index is 348. The van der Waals surface area contributed by atoms with Crippen LogP contribution in [0, 0.1) is 0 Å². The summed E-state index contributed by atoms with van der Waals surface area (Å²) in [6.07, 6.45) is 2.91. The molecule has 6 nitrogen and oxygen atoms in total. The zero-order valence-electron chi connectivity index (χ0n) is 10.6. The maximum absolute atomic E-state index is 8.05. The van der Waals surface area contributed by atoms with E-state index >= 15 is 0 Å². The van der Waals surface area contributed by atoms with Crippen molar-refractivity contribution in [2.45, 2.75) is 0 Å². The first-order chi connectivity index (χ1) is 8.15. The van der Waals surface area contributed by atoms with E-state index in [4.69, 9.17) is 5.21 Å². The minimum Gasteiger partial charge on any atom is -0.411 e. The Morgan fingerprint density at radius 1 is 1.47 bits per heavy atom. The van der Waals surface area contributed by atoms with E-state index in [0.29, 0.717) is 5.69 Å². The van der Waals surface area contributed by atoms with E-state index in [1.54, 1.807) is 25.4 Å². The monoisotopic (exact) mass is 237 g/mol. The lowest BCUT2D eigenvalue weighted by Gasteiger charge is -2.12. The van der Waals surface area contributed by atoms with Gasteiger partial charge in [-0.05, 0) is 12.1 Å². The molecule has 0 fully saturated rings. The lowest BCUT2D eigenvalue weighted by molar-refractivity contribution is 0.321. The molecule has 0 amide bonds. The van der Waals surface area contributed by atoms with E-state index < -0.39 is 0 Å². The summed E-state index contributed by atoms with van der Waals surface area (Å²) in [5, 5.41) is 13.8. The number of pyridine rings is 1. The second-order valence-corrected chi connectivity index (χ2v) is 3.19. The van der Waals surface area contributed by atoms with Crippen molar-refractivity contribution in [1.82, 2.24) is 15.2 Å². The zero-order chi connectivity index (χ0) is 13.1. The van der Waals surface area contributed by atoms with Crippen LogP contribution in [0.4, 0.5) is 0 Å². The van der Waals surface area contributed by atoms with Gasteiger partial charge in [-0.15, -0.1) is 0 Å². The first kappa shape index (κ1) is 14.9. The molecule has 94 valence electrons. The summed E-state index contributed by atoms with van der Waals surface area (Å²) >= 11 is 0. The molecule has 2 N–H and O–H groups in total. The molecule has 1 aromatic heterocycles. The molecule has 0 bridgehead atoms. The maximum atomic E-state index is 8.05. The van der Waals surface area contributed by atoms with Gasteiger partial charge in [-0.1, -0.05) is 11.2 Å². The number of aromatic nitrogens is 1. The van der Waals surface area contributed by atoms with Crippen molar-refractivity contribution in [2.24, 2.45) is 10.1 Å². The van der Waals surface area contributed by atoms with Crippen molar-refractivity contribution in [3.63, 3.8) is 0 Å². The summed E-state index contributed by atoms with van der Waals surface area (Å²) in [6.45, 7) is 0. The second kappa shape index (κ2) is 9.14. The molecule has 0 aliphatic rings. The molecule has 0 aromatic carbocycles. The smallest absolute Gasteiger partial charge is 0.192 e. The minimum atomic E-state index is 0.653. The number of hydrogen-bond donors (Lipinski definition) is 2. The molecule has 1 rings (SSSR count). The lowest BCUT2D eigenvalue weighted by Crippen LogP contribution is -2.33. The Morgan fingerprint density at radius 3 is 2.47 bits per heavy atom. The highest BCUT2D eigenvalue weighted by Crippen LogP contribution is 1.86. The third-order valence-corrected chi connectivity index (χ3v) is 1.74. The van der Waals surface area contributed by atoms with Gasteiger partial charge in [0.15, 0.2) is 5.96 Å². The van der Waals surface area contributed by atoms with E-state index in [1.165, 1.54) is 6.21 Å². The second-order valence-electron chi connectivity index (χ2n) is 3.19. The predicted octanol–water partition coefficient (Wildman–Crippen LogP) is 0.643. The standard InChI is InChI=1S/C6H6N2O.C5H13N3/c9-8-5-6-3-1-2-4-7-6;1-6-5(7-2)8(3)4/h1-5,9H;1-4H3,(H,6,7)/b8-5+;. The van der Waals surface area contributed by atoms with Crippen molar-refractivity contribution in [1.29, 1.82) is 0 Å². The van der Waals surface area contributed by atoms with Crippen LogP contribution in [-0.2, 0) is 0 Å². The van der Waals surface area contributed by atoms with E-state index in [0.717, 1.165) is 5.96 Å². The van der Waals surface area contributed by atoms with E-state index in [1.807, 2.05) is 32.1 Å². The fourth-order valence-electron chi connectivity index (χ4n) is 1.05. The van der Waals surface area contributed by atoms with Gasteiger partial charge in [0, 0.05) is 34.4 Å². The van der Waals surface area contributed by atoms with Crippen molar-refractivity contribution in [3.05, 3.63) is 30.1 Å². The van der Waals surface area contributed by atoms with Crippen LogP contribution in [0.25, 0.3) is 0 Å². The Balaban J connectivity index is 0.000000304. The Hall–Kier alpha value is -2.11. The van der Waals surface area contributed by atoms with Crippen LogP contribution >= 0.6 is 0 Å². The molecule has 0 spiro atoms. The van der Waals surface area contributed by atoms with E-state index in [2.05, 4.69) is 20.4 Å². The van der Waals surface area contributed by atoms with Crippen LogP contribution in [0.15, 0.2) is 34.5 Å². The molecule has 0 saturated carbocycles. The highest BCUT2D eigenvalue weighted by molar-refractivity contribution is 5.78. The minimum absolute atomic E-state index is 0.653. The summed E-state index contributed by atoms with van der Waals surface area (Å²) in [7, 11) is 7.49. The van der Waals surface area contributed by atoms with E-state index in [-0.39, 0.29) is 0 Å². The highest BCUT2D eigenvalue weighted by Gasteiger charge is 1.91. The van der Waals surface area contributed by atoms with Crippen LogP contribution in [0.2, 0.25) is 0 Å². The number of oxime groups is 1. The maximum Gasteiger partial charge on any atom is 0.192 e. The van der Waals surface area contributed by atoms with Crippen LogP contribution < -0.4 is 5.32 Å². The normalized spacial score (nSPS) is 10.7. The van der Waals surface area contributed by atoms with Gasteiger partial charge in [-0.25, -0.2) is 0 Å². The van der Waals surface area contributed by atoms with Crippen LogP contribution in [0.1, 0.15) is 5.69 Å². The molecule has 0 aliphatic carbocycles. The average molecular weight is 237 g/mol. The Morgan fingerprint density at radius 2 is 2.18 bits per heavy atom. The topological polar surface area (TPSA) is 73.1 Å². The zero-order valence-corrected chi connectivity index (χ0v) is 10.6. The first-order valence-electron chi connectivity index (χ1n) is 5.06. The number of hydrogen-bond acceptors (Lipinski definition) is 4. The van der Waals surface area contributed by atoms with Gasteiger partial charge in [0.25, 0.3) is 0 Å². The van der Waals surface area contributed by atoms with Gasteiger partial charge in [-0.2, -0.15) is 0 Å². The number of rotatable bonds is 1. The molecule has 1 heterocycles. The Labute approximate surface area is 102 Å². The molecular formula is C11H19N5O. The highest BCUT2D eigenvalue weighted by atomic mass is 16.4. The molecule has 0 unspecified atom stereocenters. The first-order valence-corrected chi connectivity index (χ1v) is 5.06. The molecule has 0 atom stereocenters. The lowest BCUT2D eigenvalue weighted by atomic mass is 10.4. The third-order valence-electron chi connectivity index (χ3n) is 1.74. The fraction of sp³-hybridized carbons (Fsp3) is 0.364. The molecule has 6 heteroatoms. The van der Waals surface area contributed by atoms with Crippen molar-refractivity contribution < 1.29 is 5.21 Å². The predicted molar refractivity (Wildman–Crippen MR) is 69.7 cm³/mol. The summed E-state index contributed by atoms with van der Waals surface area (Å²) in [5.74, 6) is 0.894. The third kappa shape index (κ3) is 6.88. The molecule has 0 aliphatic heterocycles. The van der Waals surface area contributed by atoms with Crippen LogP contribution in [0.5, 0.6) is 0 Å². The SMILES string of the molecule is C/N=C(\NC)N(C)C.O/N=C/c1ccccn1. The molecule has 1 aromatic rings. The summed E-state index contributed by atoms with van der Waals surface area (Å²) in [5.41, 5.74) is 0.653. The van der Waals surface area contributed by atoms with Gasteiger partial charge in [0.05, 0.1) is 11.9 Å². The van der Waals surface area contributed by atoms with Crippen molar-refractivity contribution in [3.8, 4) is 0 Å². The average Bonchev–Trinajstić information content (AvgIpc) is 2.33. The van der Waals surface area contributed by atoms with Gasteiger partial charge in [-0.3, -0.25) is 9.98 Å². The van der Waals surface area contributed by atoms with Crippen molar-refractivity contribution in [2.75, 3.05) is 28.2 Å². The summed E-state index contributed by atoms with van der Waals surface area (Å²) in [6, 6.07) is 5.37. The largest absolute Gasteiger partial charge is 0.411 e. The van der Waals surface area contributed by atoms with Gasteiger partial charge in [0.2, 0.25) is 0 Å². The van der Waals surface area contributed by atoms with Crippen LogP contribution in [-0.4, -0.2) is 55.5 Å². The number of nitrogens with one attached hydrogen (secondary N) is 1. The fourth-order valence-corrected chi connectivity index (χ4v) is 1.05. The van der Waals surface area contributed by atoms with E-state index in [9.17, 15) is 0 Å². The molecular weight excluding hydrogens is 218 g/mol. The number of aliphatic imine (C=N–C) groups is 1. The summed E-state index contributed by atoms with van der Waals surface area (Å²) in [4.78, 5) is 9.71. The van der Waals surface area contributed by atoms with Gasteiger partial charge < -0.3 is 15.4 Å². The molecule has 0 saturated heterocycles. The quantitative estimate of drug-likeness (QED) is 0.325. The number of nitrogens with zero attached hydrogens (tertiary/aromatic N) is 4. The Kier molecular flexibility index (Phi) is 8.01. The van der Waals surface area contributed by atoms with Crippen LogP contribution in [0.3, 0.4) is 0 Å².